The van der Waals surface area contributed by atoms with E-state index in [4.69, 9.17) is 0 Å². The standard InChI is InChI=1S/C18H26O/c1-2-3-4-6-10-16-13-9-14-17(19)18(16)15-11-7-5-8-12-15/h5,7-8,11-12,16,18H,2-4,6,9-10,13-14H2,1H3/t16-,18+/m1/s1. The van der Waals surface area contributed by atoms with Gasteiger partial charge in [-0.25, -0.2) is 0 Å². The van der Waals surface area contributed by atoms with Crippen molar-refractivity contribution in [2.75, 3.05) is 0 Å². The van der Waals surface area contributed by atoms with Gasteiger partial charge in [0.1, 0.15) is 5.78 Å². The Balaban J connectivity index is 2.00. The van der Waals surface area contributed by atoms with Crippen molar-refractivity contribution in [3.63, 3.8) is 0 Å². The Morgan fingerprint density at radius 2 is 1.89 bits per heavy atom. The van der Waals surface area contributed by atoms with Crippen LogP contribution in [0.25, 0.3) is 0 Å². The molecule has 1 heteroatoms. The molecule has 1 aromatic rings. The first-order valence-corrected chi connectivity index (χ1v) is 7.90. The zero-order valence-corrected chi connectivity index (χ0v) is 12.1. The van der Waals surface area contributed by atoms with Gasteiger partial charge in [0.2, 0.25) is 0 Å². The molecule has 0 saturated heterocycles. The summed E-state index contributed by atoms with van der Waals surface area (Å²) in [5.41, 5.74) is 1.24. The molecule has 1 aliphatic carbocycles. The maximum atomic E-state index is 12.3. The van der Waals surface area contributed by atoms with Gasteiger partial charge < -0.3 is 0 Å². The first kappa shape index (κ1) is 14.3. The number of carbonyl (C=O) groups is 1. The molecule has 0 unspecified atom stereocenters. The van der Waals surface area contributed by atoms with Gasteiger partial charge in [0.05, 0.1) is 0 Å². The van der Waals surface area contributed by atoms with Gasteiger partial charge in [-0.05, 0) is 30.7 Å². The van der Waals surface area contributed by atoms with Crippen molar-refractivity contribution in [3.05, 3.63) is 35.9 Å². The number of hydrogen-bond donors (Lipinski definition) is 0. The highest BCUT2D eigenvalue weighted by atomic mass is 16.1. The summed E-state index contributed by atoms with van der Waals surface area (Å²) in [7, 11) is 0. The van der Waals surface area contributed by atoms with E-state index >= 15 is 0 Å². The van der Waals surface area contributed by atoms with E-state index in [1.807, 2.05) is 6.07 Å². The SMILES string of the molecule is CCCCCC[C@@H]1CCCC(=O)[C@H]1c1ccccc1. The summed E-state index contributed by atoms with van der Waals surface area (Å²) in [5.74, 6) is 1.23. The van der Waals surface area contributed by atoms with Crippen molar-refractivity contribution in [1.82, 2.24) is 0 Å². The molecular weight excluding hydrogens is 232 g/mol. The van der Waals surface area contributed by atoms with Crippen LogP contribution in [0.5, 0.6) is 0 Å². The molecule has 2 rings (SSSR count). The first-order valence-electron chi connectivity index (χ1n) is 7.90. The second-order valence-corrected chi connectivity index (χ2v) is 5.86. The van der Waals surface area contributed by atoms with Crippen molar-refractivity contribution in [2.24, 2.45) is 5.92 Å². The van der Waals surface area contributed by atoms with Gasteiger partial charge in [-0.3, -0.25) is 4.79 Å². The molecule has 104 valence electrons. The Morgan fingerprint density at radius 1 is 1.11 bits per heavy atom. The minimum atomic E-state index is 0.177. The molecule has 1 fully saturated rings. The van der Waals surface area contributed by atoms with Crippen LogP contribution in [0.2, 0.25) is 0 Å². The number of benzene rings is 1. The highest BCUT2D eigenvalue weighted by Crippen LogP contribution is 2.38. The molecule has 1 aliphatic rings. The van der Waals surface area contributed by atoms with E-state index in [-0.39, 0.29) is 5.92 Å². The number of Topliss-reactive ketones (excluding diaryl/α,β-unsaturated/α-hetero) is 1. The number of hydrogen-bond acceptors (Lipinski definition) is 1. The molecule has 0 bridgehead atoms. The Morgan fingerprint density at radius 3 is 2.63 bits per heavy atom. The monoisotopic (exact) mass is 258 g/mol. The zero-order valence-electron chi connectivity index (χ0n) is 12.1. The molecule has 0 spiro atoms. The smallest absolute Gasteiger partial charge is 0.140 e. The maximum absolute atomic E-state index is 12.3. The molecule has 0 aromatic heterocycles. The molecule has 2 atom stereocenters. The van der Waals surface area contributed by atoms with Gasteiger partial charge in [0, 0.05) is 12.3 Å². The number of rotatable bonds is 6. The van der Waals surface area contributed by atoms with Crippen LogP contribution < -0.4 is 0 Å². The summed E-state index contributed by atoms with van der Waals surface area (Å²) in [4.78, 5) is 12.3. The second-order valence-electron chi connectivity index (χ2n) is 5.86. The molecule has 0 aliphatic heterocycles. The van der Waals surface area contributed by atoms with E-state index in [0.717, 1.165) is 12.8 Å². The third-order valence-electron chi connectivity index (χ3n) is 4.40. The second kappa shape index (κ2) is 7.47. The molecule has 1 saturated carbocycles. The summed E-state index contributed by atoms with van der Waals surface area (Å²) in [5, 5.41) is 0. The van der Waals surface area contributed by atoms with Crippen LogP contribution in [0.1, 0.15) is 69.8 Å². The predicted octanol–water partition coefficient (Wildman–Crippen LogP) is 5.11. The normalized spacial score (nSPS) is 23.5. The Kier molecular flexibility index (Phi) is 5.62. The third-order valence-corrected chi connectivity index (χ3v) is 4.40. The fraction of sp³-hybridized carbons (Fsp3) is 0.611. The van der Waals surface area contributed by atoms with Crippen LogP contribution >= 0.6 is 0 Å². The van der Waals surface area contributed by atoms with Crippen LogP contribution in [-0.2, 0) is 4.79 Å². The minimum absolute atomic E-state index is 0.177. The Hall–Kier alpha value is -1.11. The van der Waals surface area contributed by atoms with Crippen molar-refractivity contribution in [3.8, 4) is 0 Å². The van der Waals surface area contributed by atoms with E-state index in [1.54, 1.807) is 0 Å². The predicted molar refractivity (Wildman–Crippen MR) is 80.3 cm³/mol. The first-order chi connectivity index (χ1) is 9.33. The van der Waals surface area contributed by atoms with Gasteiger partial charge in [0.15, 0.2) is 0 Å². The van der Waals surface area contributed by atoms with Crippen LogP contribution in [0, 0.1) is 5.92 Å². The molecular formula is C18H26O. The highest BCUT2D eigenvalue weighted by Gasteiger charge is 2.32. The lowest BCUT2D eigenvalue weighted by Crippen LogP contribution is -2.26. The molecule has 0 heterocycles. The average molecular weight is 258 g/mol. The van der Waals surface area contributed by atoms with Crippen LogP contribution in [-0.4, -0.2) is 5.78 Å². The lowest BCUT2D eigenvalue weighted by atomic mass is 9.72. The number of ketones is 1. The molecule has 1 nitrogen and oxygen atoms in total. The van der Waals surface area contributed by atoms with E-state index in [0.29, 0.717) is 11.7 Å². The highest BCUT2D eigenvalue weighted by molar-refractivity contribution is 5.86. The minimum Gasteiger partial charge on any atom is -0.299 e. The third kappa shape index (κ3) is 3.92. The quantitative estimate of drug-likeness (QED) is 0.648. The van der Waals surface area contributed by atoms with Crippen molar-refractivity contribution in [2.45, 2.75) is 64.2 Å². The van der Waals surface area contributed by atoms with Gasteiger partial charge in [0.25, 0.3) is 0 Å². The van der Waals surface area contributed by atoms with Crippen LogP contribution in [0.3, 0.4) is 0 Å². The Bertz CT molecular complexity index is 382. The number of carbonyl (C=O) groups excluding carboxylic acids is 1. The van der Waals surface area contributed by atoms with Crippen molar-refractivity contribution >= 4 is 5.78 Å². The zero-order chi connectivity index (χ0) is 13.5. The van der Waals surface area contributed by atoms with Crippen LogP contribution in [0.4, 0.5) is 0 Å². The largest absolute Gasteiger partial charge is 0.299 e. The maximum Gasteiger partial charge on any atom is 0.140 e. The molecule has 19 heavy (non-hydrogen) atoms. The fourth-order valence-corrected chi connectivity index (χ4v) is 3.39. The summed E-state index contributed by atoms with van der Waals surface area (Å²) in [6.07, 6.45) is 9.56. The van der Waals surface area contributed by atoms with E-state index in [9.17, 15) is 4.79 Å². The molecule has 0 amide bonds. The molecule has 0 N–H and O–H groups in total. The fourth-order valence-electron chi connectivity index (χ4n) is 3.39. The summed E-state index contributed by atoms with van der Waals surface area (Å²) < 4.78 is 0. The average Bonchev–Trinajstić information content (AvgIpc) is 2.45. The molecule has 0 radical (unpaired) electrons. The van der Waals surface area contributed by atoms with Gasteiger partial charge >= 0.3 is 0 Å². The summed E-state index contributed by atoms with van der Waals surface area (Å²) in [6.45, 7) is 2.25. The van der Waals surface area contributed by atoms with Crippen molar-refractivity contribution in [1.29, 1.82) is 0 Å². The van der Waals surface area contributed by atoms with Crippen molar-refractivity contribution < 1.29 is 4.79 Å². The lowest BCUT2D eigenvalue weighted by Gasteiger charge is -2.31. The molecule has 1 aromatic carbocycles. The van der Waals surface area contributed by atoms with Gasteiger partial charge in [-0.15, -0.1) is 0 Å². The van der Waals surface area contributed by atoms with E-state index in [1.165, 1.54) is 44.1 Å². The summed E-state index contributed by atoms with van der Waals surface area (Å²) in [6, 6.07) is 10.4. The lowest BCUT2D eigenvalue weighted by molar-refractivity contribution is -0.123. The van der Waals surface area contributed by atoms with E-state index < -0.39 is 0 Å². The van der Waals surface area contributed by atoms with E-state index in [2.05, 4.69) is 31.2 Å². The summed E-state index contributed by atoms with van der Waals surface area (Å²) >= 11 is 0. The van der Waals surface area contributed by atoms with Gasteiger partial charge in [-0.2, -0.15) is 0 Å². The Labute approximate surface area is 117 Å². The van der Waals surface area contributed by atoms with Gasteiger partial charge in [-0.1, -0.05) is 62.9 Å². The van der Waals surface area contributed by atoms with Crippen LogP contribution in [0.15, 0.2) is 30.3 Å². The number of unbranched alkanes of at least 4 members (excludes halogenated alkanes) is 3. The topological polar surface area (TPSA) is 17.1 Å².